The van der Waals surface area contributed by atoms with E-state index >= 15 is 0 Å². The van der Waals surface area contributed by atoms with E-state index in [1.165, 1.54) is 12.8 Å². The molecule has 0 aliphatic rings. The van der Waals surface area contributed by atoms with Crippen molar-refractivity contribution in [3.8, 4) is 6.07 Å². The van der Waals surface area contributed by atoms with Gasteiger partial charge in [-0.15, -0.1) is 0 Å². The number of anilines is 2. The quantitative estimate of drug-likeness (QED) is 0.762. The third-order valence-corrected chi connectivity index (χ3v) is 3.36. The summed E-state index contributed by atoms with van der Waals surface area (Å²) in [7, 11) is 0. The standard InChI is InChI=1S/C18H20N4O/c1-2-3-4-10-20-17-9-8-15(13-21-17)18(23)22-16-7-5-6-14(11-16)12-19/h5-9,11,13H,2-4,10H2,1H3,(H,20,21)(H,22,23). The Labute approximate surface area is 136 Å². The minimum absolute atomic E-state index is 0.245. The van der Waals surface area contributed by atoms with Gasteiger partial charge in [0.05, 0.1) is 17.2 Å². The lowest BCUT2D eigenvalue weighted by molar-refractivity contribution is 0.102. The summed E-state index contributed by atoms with van der Waals surface area (Å²) >= 11 is 0. The molecule has 1 aromatic carbocycles. The minimum Gasteiger partial charge on any atom is -0.370 e. The van der Waals surface area contributed by atoms with Crippen molar-refractivity contribution in [3.63, 3.8) is 0 Å². The molecule has 1 heterocycles. The molecule has 0 aliphatic carbocycles. The second-order valence-corrected chi connectivity index (χ2v) is 5.21. The Morgan fingerprint density at radius 1 is 1.26 bits per heavy atom. The average Bonchev–Trinajstić information content (AvgIpc) is 2.59. The van der Waals surface area contributed by atoms with E-state index in [1.807, 2.05) is 6.07 Å². The van der Waals surface area contributed by atoms with Gasteiger partial charge in [-0.05, 0) is 36.8 Å². The highest BCUT2D eigenvalue weighted by atomic mass is 16.1. The van der Waals surface area contributed by atoms with E-state index in [4.69, 9.17) is 5.26 Å². The second kappa shape index (κ2) is 8.54. The predicted octanol–water partition coefficient (Wildman–Crippen LogP) is 3.81. The zero-order valence-corrected chi connectivity index (χ0v) is 13.2. The van der Waals surface area contributed by atoms with Crippen LogP contribution in [0, 0.1) is 11.3 Å². The molecule has 0 saturated heterocycles. The molecule has 23 heavy (non-hydrogen) atoms. The molecule has 5 heteroatoms. The van der Waals surface area contributed by atoms with Crippen LogP contribution in [0.2, 0.25) is 0 Å². The van der Waals surface area contributed by atoms with Crippen molar-refractivity contribution in [2.75, 3.05) is 17.2 Å². The van der Waals surface area contributed by atoms with Crippen LogP contribution in [0.5, 0.6) is 0 Å². The predicted molar refractivity (Wildman–Crippen MR) is 91.4 cm³/mol. The van der Waals surface area contributed by atoms with E-state index in [2.05, 4.69) is 22.5 Å². The fourth-order valence-corrected chi connectivity index (χ4v) is 2.09. The maximum absolute atomic E-state index is 12.2. The van der Waals surface area contributed by atoms with Crippen LogP contribution in [-0.2, 0) is 0 Å². The molecule has 0 bridgehead atoms. The molecule has 0 radical (unpaired) electrons. The number of carbonyl (C=O) groups is 1. The molecule has 0 saturated carbocycles. The normalized spacial score (nSPS) is 9.91. The fraction of sp³-hybridized carbons (Fsp3) is 0.278. The van der Waals surface area contributed by atoms with Crippen molar-refractivity contribution < 1.29 is 4.79 Å². The maximum atomic E-state index is 12.2. The van der Waals surface area contributed by atoms with E-state index in [-0.39, 0.29) is 5.91 Å². The summed E-state index contributed by atoms with van der Waals surface area (Å²) in [5, 5.41) is 14.9. The van der Waals surface area contributed by atoms with Crippen molar-refractivity contribution in [2.24, 2.45) is 0 Å². The average molecular weight is 308 g/mol. The number of nitrogens with zero attached hydrogens (tertiary/aromatic N) is 2. The van der Waals surface area contributed by atoms with Gasteiger partial charge in [-0.3, -0.25) is 4.79 Å². The number of amides is 1. The highest BCUT2D eigenvalue weighted by molar-refractivity contribution is 6.04. The van der Waals surface area contributed by atoms with E-state index in [1.54, 1.807) is 42.6 Å². The molecule has 5 nitrogen and oxygen atoms in total. The Hall–Kier alpha value is -2.87. The number of nitrogens with one attached hydrogen (secondary N) is 2. The number of aromatic nitrogens is 1. The molecule has 0 spiro atoms. The maximum Gasteiger partial charge on any atom is 0.257 e. The molecular formula is C18H20N4O. The zero-order chi connectivity index (χ0) is 16.5. The Balaban J connectivity index is 1.93. The Bertz CT molecular complexity index is 689. The summed E-state index contributed by atoms with van der Waals surface area (Å²) in [5.74, 6) is 0.522. The summed E-state index contributed by atoms with van der Waals surface area (Å²) in [6, 6.07) is 12.4. The van der Waals surface area contributed by atoms with Gasteiger partial charge >= 0.3 is 0 Å². The molecule has 2 rings (SSSR count). The summed E-state index contributed by atoms with van der Waals surface area (Å²) in [6.07, 6.45) is 5.03. The first-order valence-electron chi connectivity index (χ1n) is 7.74. The summed E-state index contributed by atoms with van der Waals surface area (Å²) < 4.78 is 0. The van der Waals surface area contributed by atoms with Gasteiger partial charge in [-0.1, -0.05) is 25.8 Å². The fourth-order valence-electron chi connectivity index (χ4n) is 2.09. The summed E-state index contributed by atoms with van der Waals surface area (Å²) in [5.41, 5.74) is 1.58. The van der Waals surface area contributed by atoms with Crippen LogP contribution in [-0.4, -0.2) is 17.4 Å². The van der Waals surface area contributed by atoms with Crippen molar-refractivity contribution >= 4 is 17.4 Å². The van der Waals surface area contributed by atoms with Crippen LogP contribution >= 0.6 is 0 Å². The van der Waals surface area contributed by atoms with Crippen LogP contribution in [0.1, 0.15) is 42.1 Å². The van der Waals surface area contributed by atoms with Crippen LogP contribution in [0.4, 0.5) is 11.5 Å². The number of rotatable bonds is 7. The lowest BCUT2D eigenvalue weighted by atomic mass is 10.2. The highest BCUT2D eigenvalue weighted by Gasteiger charge is 2.07. The van der Waals surface area contributed by atoms with Gasteiger partial charge in [-0.2, -0.15) is 5.26 Å². The molecule has 2 N–H and O–H groups in total. The van der Waals surface area contributed by atoms with Gasteiger partial charge in [-0.25, -0.2) is 4.98 Å². The van der Waals surface area contributed by atoms with Crippen LogP contribution < -0.4 is 10.6 Å². The molecule has 0 unspecified atom stereocenters. The lowest BCUT2D eigenvalue weighted by Gasteiger charge is -2.07. The van der Waals surface area contributed by atoms with Crippen LogP contribution in [0.25, 0.3) is 0 Å². The minimum atomic E-state index is -0.245. The Morgan fingerprint density at radius 2 is 2.13 bits per heavy atom. The molecule has 2 aromatic rings. The summed E-state index contributed by atoms with van der Waals surface area (Å²) in [4.78, 5) is 16.4. The van der Waals surface area contributed by atoms with Crippen molar-refractivity contribution in [3.05, 3.63) is 53.7 Å². The molecule has 1 aromatic heterocycles. The molecule has 0 atom stereocenters. The number of pyridine rings is 1. The van der Waals surface area contributed by atoms with Gasteiger partial charge in [0.2, 0.25) is 0 Å². The van der Waals surface area contributed by atoms with E-state index in [0.29, 0.717) is 16.8 Å². The molecule has 1 amide bonds. The van der Waals surface area contributed by atoms with E-state index < -0.39 is 0 Å². The van der Waals surface area contributed by atoms with E-state index in [9.17, 15) is 4.79 Å². The SMILES string of the molecule is CCCCCNc1ccc(C(=O)Nc2cccc(C#N)c2)cn1. The van der Waals surface area contributed by atoms with Crippen LogP contribution in [0.15, 0.2) is 42.6 Å². The monoisotopic (exact) mass is 308 g/mol. The first kappa shape index (κ1) is 16.5. The lowest BCUT2D eigenvalue weighted by Crippen LogP contribution is -2.12. The van der Waals surface area contributed by atoms with Gasteiger partial charge < -0.3 is 10.6 Å². The number of hydrogen-bond donors (Lipinski definition) is 2. The number of carbonyl (C=O) groups excluding carboxylic acids is 1. The first-order valence-corrected chi connectivity index (χ1v) is 7.74. The molecule has 118 valence electrons. The largest absolute Gasteiger partial charge is 0.370 e. The smallest absolute Gasteiger partial charge is 0.257 e. The zero-order valence-electron chi connectivity index (χ0n) is 13.2. The molecular weight excluding hydrogens is 288 g/mol. The second-order valence-electron chi connectivity index (χ2n) is 5.21. The van der Waals surface area contributed by atoms with Gasteiger partial charge in [0.15, 0.2) is 0 Å². The van der Waals surface area contributed by atoms with Crippen LogP contribution in [0.3, 0.4) is 0 Å². The van der Waals surface area contributed by atoms with Crippen molar-refractivity contribution in [1.82, 2.24) is 4.98 Å². The molecule has 0 aliphatic heterocycles. The van der Waals surface area contributed by atoms with Gasteiger partial charge in [0.25, 0.3) is 5.91 Å². The highest BCUT2D eigenvalue weighted by Crippen LogP contribution is 2.12. The third kappa shape index (κ3) is 5.11. The summed E-state index contributed by atoms with van der Waals surface area (Å²) in [6.45, 7) is 3.05. The number of benzene rings is 1. The van der Waals surface area contributed by atoms with Crippen molar-refractivity contribution in [1.29, 1.82) is 5.26 Å². The number of unbranched alkanes of at least 4 members (excludes halogenated alkanes) is 2. The first-order chi connectivity index (χ1) is 11.2. The van der Waals surface area contributed by atoms with E-state index in [0.717, 1.165) is 18.8 Å². The Kier molecular flexibility index (Phi) is 6.13. The van der Waals surface area contributed by atoms with Gasteiger partial charge in [0.1, 0.15) is 5.82 Å². The molecule has 0 fully saturated rings. The van der Waals surface area contributed by atoms with Gasteiger partial charge in [0, 0.05) is 18.4 Å². The van der Waals surface area contributed by atoms with Crippen molar-refractivity contribution in [2.45, 2.75) is 26.2 Å². The third-order valence-electron chi connectivity index (χ3n) is 3.36. The number of nitriles is 1. The number of hydrogen-bond acceptors (Lipinski definition) is 4. The Morgan fingerprint density at radius 3 is 2.83 bits per heavy atom. The topological polar surface area (TPSA) is 77.8 Å².